The summed E-state index contributed by atoms with van der Waals surface area (Å²) in [6.07, 6.45) is 0. The molecule has 0 aliphatic carbocycles. The Morgan fingerprint density at radius 1 is 1.35 bits per heavy atom. The van der Waals surface area contributed by atoms with Crippen molar-refractivity contribution in [1.82, 2.24) is 0 Å². The van der Waals surface area contributed by atoms with Crippen LogP contribution in [-0.4, -0.2) is 31.1 Å². The largest absolute Gasteiger partial charge is 0.505 e. The Balaban J connectivity index is 3.09. The van der Waals surface area contributed by atoms with E-state index in [2.05, 4.69) is 9.98 Å². The number of rotatable bonds is 1. The van der Waals surface area contributed by atoms with Crippen molar-refractivity contribution in [2.24, 2.45) is 21.5 Å². The van der Waals surface area contributed by atoms with Crippen molar-refractivity contribution in [1.29, 1.82) is 0 Å². The Labute approximate surface area is 100 Å². The second-order valence-corrected chi connectivity index (χ2v) is 3.55. The molecule has 0 spiro atoms. The van der Waals surface area contributed by atoms with E-state index in [4.69, 9.17) is 11.5 Å². The van der Waals surface area contributed by atoms with Crippen LogP contribution in [0.2, 0.25) is 0 Å². The van der Waals surface area contributed by atoms with Crippen LogP contribution in [0.15, 0.2) is 28.2 Å². The molecule has 92 valence electrons. The summed E-state index contributed by atoms with van der Waals surface area (Å²) in [5, 5.41) is 9.89. The number of phenolic OH excluding ortho intramolecular Hbond substituents is 1. The standard InChI is InChI=1S/C11H17N5O/c1-7-5-4-6-8(9(7)17)16(3)11(13)15-10(12)14-2/h4-6,17H,1-3H3,(H4,12,13,14,15). The van der Waals surface area contributed by atoms with E-state index in [0.29, 0.717) is 5.69 Å². The molecule has 17 heavy (non-hydrogen) atoms. The number of hydrogen-bond acceptors (Lipinski definition) is 2. The average Bonchev–Trinajstić information content (AvgIpc) is 2.31. The molecule has 6 nitrogen and oxygen atoms in total. The summed E-state index contributed by atoms with van der Waals surface area (Å²) >= 11 is 0. The van der Waals surface area contributed by atoms with Gasteiger partial charge in [-0.2, -0.15) is 4.99 Å². The zero-order valence-corrected chi connectivity index (χ0v) is 10.2. The highest BCUT2D eigenvalue weighted by molar-refractivity contribution is 6.02. The van der Waals surface area contributed by atoms with Crippen LogP contribution in [0.4, 0.5) is 5.69 Å². The van der Waals surface area contributed by atoms with E-state index < -0.39 is 0 Å². The maximum absolute atomic E-state index is 9.89. The summed E-state index contributed by atoms with van der Waals surface area (Å²) in [7, 11) is 3.21. The molecule has 6 heteroatoms. The lowest BCUT2D eigenvalue weighted by molar-refractivity contribution is 0.472. The molecule has 0 aliphatic rings. The molecule has 0 bridgehead atoms. The van der Waals surface area contributed by atoms with Crippen molar-refractivity contribution in [3.8, 4) is 5.75 Å². The van der Waals surface area contributed by atoms with E-state index in [-0.39, 0.29) is 17.7 Å². The molecular formula is C11H17N5O. The normalized spacial score (nSPS) is 12.6. The average molecular weight is 235 g/mol. The van der Waals surface area contributed by atoms with Gasteiger partial charge in [-0.15, -0.1) is 0 Å². The second-order valence-electron chi connectivity index (χ2n) is 3.55. The van der Waals surface area contributed by atoms with Gasteiger partial charge in [-0.3, -0.25) is 4.99 Å². The minimum atomic E-state index is 0.0847. The molecule has 0 aromatic heterocycles. The van der Waals surface area contributed by atoms with Crippen molar-refractivity contribution in [3.05, 3.63) is 23.8 Å². The van der Waals surface area contributed by atoms with Gasteiger partial charge in [0.15, 0.2) is 0 Å². The molecule has 0 saturated heterocycles. The third-order valence-corrected chi connectivity index (χ3v) is 2.38. The van der Waals surface area contributed by atoms with Gasteiger partial charge in [-0.05, 0) is 18.6 Å². The Morgan fingerprint density at radius 3 is 2.59 bits per heavy atom. The number of aryl methyl sites for hydroxylation is 1. The van der Waals surface area contributed by atoms with Crippen LogP contribution in [0, 0.1) is 6.92 Å². The lowest BCUT2D eigenvalue weighted by atomic mass is 10.2. The van der Waals surface area contributed by atoms with Gasteiger partial charge in [0.05, 0.1) is 5.69 Å². The maximum Gasteiger partial charge on any atom is 0.218 e. The van der Waals surface area contributed by atoms with Crippen molar-refractivity contribution < 1.29 is 5.11 Å². The number of para-hydroxylation sites is 1. The van der Waals surface area contributed by atoms with E-state index in [1.54, 1.807) is 18.0 Å². The molecule has 5 N–H and O–H groups in total. The monoisotopic (exact) mass is 235 g/mol. The summed E-state index contributed by atoms with van der Waals surface area (Å²) in [6, 6.07) is 5.37. The highest BCUT2D eigenvalue weighted by Crippen LogP contribution is 2.29. The van der Waals surface area contributed by atoms with Crippen molar-refractivity contribution in [3.63, 3.8) is 0 Å². The SMILES string of the molecule is CN=C(N)N=C(N)N(C)c1cccc(C)c1O. The van der Waals surface area contributed by atoms with E-state index in [9.17, 15) is 5.11 Å². The third-order valence-electron chi connectivity index (χ3n) is 2.38. The Morgan fingerprint density at radius 2 is 2.00 bits per heavy atom. The minimum Gasteiger partial charge on any atom is -0.505 e. The molecular weight excluding hydrogens is 218 g/mol. The summed E-state index contributed by atoms with van der Waals surface area (Å²) in [6.45, 7) is 1.81. The fraction of sp³-hybridized carbons (Fsp3) is 0.273. The molecule has 0 unspecified atom stereocenters. The molecule has 0 heterocycles. The van der Waals surface area contributed by atoms with Gasteiger partial charge < -0.3 is 21.5 Å². The molecule has 0 amide bonds. The summed E-state index contributed by atoms with van der Waals surface area (Å²) < 4.78 is 0. The van der Waals surface area contributed by atoms with Crippen LogP contribution in [0.1, 0.15) is 5.56 Å². The van der Waals surface area contributed by atoms with Gasteiger partial charge >= 0.3 is 0 Å². The summed E-state index contributed by atoms with van der Waals surface area (Å²) in [5.41, 5.74) is 12.5. The fourth-order valence-corrected chi connectivity index (χ4v) is 1.28. The van der Waals surface area contributed by atoms with Crippen molar-refractivity contribution >= 4 is 17.6 Å². The van der Waals surface area contributed by atoms with E-state index >= 15 is 0 Å². The van der Waals surface area contributed by atoms with Gasteiger partial charge in [0.1, 0.15) is 5.75 Å². The second kappa shape index (κ2) is 5.20. The Hall–Kier alpha value is -2.24. The lowest BCUT2D eigenvalue weighted by Gasteiger charge is -2.19. The van der Waals surface area contributed by atoms with Gasteiger partial charge in [-0.25, -0.2) is 0 Å². The van der Waals surface area contributed by atoms with Gasteiger partial charge in [-0.1, -0.05) is 12.1 Å². The number of nitrogens with two attached hydrogens (primary N) is 2. The number of aromatic hydroxyl groups is 1. The number of hydrogen-bond donors (Lipinski definition) is 3. The van der Waals surface area contributed by atoms with Gasteiger partial charge in [0, 0.05) is 14.1 Å². The van der Waals surface area contributed by atoms with Crippen LogP contribution in [-0.2, 0) is 0 Å². The zero-order valence-electron chi connectivity index (χ0n) is 10.2. The minimum absolute atomic E-state index is 0.0847. The first kappa shape index (κ1) is 12.8. The van der Waals surface area contributed by atoms with Crippen molar-refractivity contribution in [2.75, 3.05) is 19.0 Å². The molecule has 0 fully saturated rings. The lowest BCUT2D eigenvalue weighted by Crippen LogP contribution is -2.35. The highest BCUT2D eigenvalue weighted by atomic mass is 16.3. The highest BCUT2D eigenvalue weighted by Gasteiger charge is 2.11. The first-order valence-corrected chi connectivity index (χ1v) is 5.06. The predicted molar refractivity (Wildman–Crippen MR) is 70.4 cm³/mol. The molecule has 0 radical (unpaired) electrons. The number of benzene rings is 1. The first-order chi connectivity index (χ1) is 7.97. The quantitative estimate of drug-likeness (QED) is 0.484. The van der Waals surface area contributed by atoms with E-state index in [1.807, 2.05) is 19.1 Å². The molecule has 0 saturated carbocycles. The van der Waals surface area contributed by atoms with E-state index in [1.165, 1.54) is 7.05 Å². The molecule has 1 rings (SSSR count). The maximum atomic E-state index is 9.89. The fourth-order valence-electron chi connectivity index (χ4n) is 1.28. The first-order valence-electron chi connectivity index (χ1n) is 5.06. The molecule has 1 aromatic carbocycles. The number of nitrogens with zero attached hydrogens (tertiary/aromatic N) is 3. The van der Waals surface area contributed by atoms with Crippen LogP contribution in [0.25, 0.3) is 0 Å². The predicted octanol–water partition coefficient (Wildman–Crippen LogP) is 0.396. The van der Waals surface area contributed by atoms with Crippen molar-refractivity contribution in [2.45, 2.75) is 6.92 Å². The molecule has 0 aliphatic heterocycles. The third kappa shape index (κ3) is 2.87. The molecule has 1 aromatic rings. The zero-order chi connectivity index (χ0) is 13.0. The Bertz CT molecular complexity index is 467. The van der Waals surface area contributed by atoms with Crippen LogP contribution in [0.5, 0.6) is 5.75 Å². The molecule has 0 atom stereocenters. The van der Waals surface area contributed by atoms with Crippen LogP contribution < -0.4 is 16.4 Å². The van der Waals surface area contributed by atoms with Crippen LogP contribution >= 0.6 is 0 Å². The summed E-state index contributed by atoms with van der Waals surface area (Å²) in [4.78, 5) is 9.10. The number of phenols is 1. The van der Waals surface area contributed by atoms with Crippen LogP contribution in [0.3, 0.4) is 0 Å². The van der Waals surface area contributed by atoms with Gasteiger partial charge in [0.2, 0.25) is 11.9 Å². The number of anilines is 1. The van der Waals surface area contributed by atoms with Gasteiger partial charge in [0.25, 0.3) is 0 Å². The summed E-state index contributed by atoms with van der Waals surface area (Å²) in [5.74, 6) is 0.413. The topological polar surface area (TPSA) is 100 Å². The number of aliphatic imine (C=N–C) groups is 2. The number of guanidine groups is 2. The Kier molecular flexibility index (Phi) is 3.92. The van der Waals surface area contributed by atoms with E-state index in [0.717, 1.165) is 5.56 Å². The smallest absolute Gasteiger partial charge is 0.218 e.